The fourth-order valence-electron chi connectivity index (χ4n) is 2.24. The Labute approximate surface area is 125 Å². The van der Waals surface area contributed by atoms with Crippen LogP contribution in [0.25, 0.3) is 0 Å². The molecule has 1 heterocycles. The molecular formula is C13H16BrN3O3. The molecule has 0 unspecified atom stereocenters. The van der Waals surface area contributed by atoms with E-state index in [2.05, 4.69) is 21.2 Å². The van der Waals surface area contributed by atoms with Gasteiger partial charge in [-0.3, -0.25) is 14.9 Å². The first kappa shape index (κ1) is 14.8. The second kappa shape index (κ2) is 6.69. The van der Waals surface area contributed by atoms with Crippen LogP contribution in [0, 0.1) is 10.1 Å². The van der Waals surface area contributed by atoms with Crippen molar-refractivity contribution in [2.24, 2.45) is 0 Å². The molecule has 1 saturated heterocycles. The summed E-state index contributed by atoms with van der Waals surface area (Å²) >= 11 is 3.27. The first-order valence-electron chi connectivity index (χ1n) is 6.53. The SMILES string of the molecule is O=C(CNc1cc(Br)ccc1[N+](=O)[O-])N1CCCCC1. The van der Waals surface area contributed by atoms with Gasteiger partial charge in [-0.05, 0) is 31.4 Å². The van der Waals surface area contributed by atoms with E-state index in [1.165, 1.54) is 6.07 Å². The number of nitro benzene ring substituents is 1. The number of anilines is 1. The van der Waals surface area contributed by atoms with Gasteiger partial charge in [0.2, 0.25) is 5.91 Å². The summed E-state index contributed by atoms with van der Waals surface area (Å²) in [6.45, 7) is 1.64. The summed E-state index contributed by atoms with van der Waals surface area (Å²) in [6, 6.07) is 4.63. The van der Waals surface area contributed by atoms with E-state index in [1.807, 2.05) is 0 Å². The maximum absolute atomic E-state index is 12.0. The van der Waals surface area contributed by atoms with Crippen molar-refractivity contribution in [2.75, 3.05) is 25.0 Å². The Kier molecular flexibility index (Phi) is 4.94. The molecule has 0 radical (unpaired) electrons. The van der Waals surface area contributed by atoms with Gasteiger partial charge in [-0.25, -0.2) is 0 Å². The number of hydrogen-bond donors (Lipinski definition) is 1. The highest BCUT2D eigenvalue weighted by Crippen LogP contribution is 2.27. The smallest absolute Gasteiger partial charge is 0.292 e. The summed E-state index contributed by atoms with van der Waals surface area (Å²) in [4.78, 5) is 24.3. The molecule has 1 fully saturated rings. The predicted molar refractivity (Wildman–Crippen MR) is 79.7 cm³/mol. The Bertz CT molecular complexity index is 516. The zero-order valence-corrected chi connectivity index (χ0v) is 12.6. The van der Waals surface area contributed by atoms with Gasteiger partial charge in [0.1, 0.15) is 5.69 Å². The van der Waals surface area contributed by atoms with Crippen LogP contribution in [0.1, 0.15) is 19.3 Å². The van der Waals surface area contributed by atoms with Crippen molar-refractivity contribution >= 4 is 33.2 Å². The Balaban J connectivity index is 2.01. The highest BCUT2D eigenvalue weighted by atomic mass is 79.9. The number of carbonyl (C=O) groups is 1. The fraction of sp³-hybridized carbons (Fsp3) is 0.462. The van der Waals surface area contributed by atoms with Gasteiger partial charge >= 0.3 is 0 Å². The van der Waals surface area contributed by atoms with E-state index in [0.29, 0.717) is 5.69 Å². The van der Waals surface area contributed by atoms with Gasteiger partial charge in [-0.2, -0.15) is 0 Å². The van der Waals surface area contributed by atoms with E-state index in [1.54, 1.807) is 17.0 Å². The van der Waals surface area contributed by atoms with Gasteiger partial charge in [0, 0.05) is 23.6 Å². The molecule has 7 heteroatoms. The summed E-state index contributed by atoms with van der Waals surface area (Å²) in [5, 5.41) is 13.8. The predicted octanol–water partition coefficient (Wildman–Crippen LogP) is 2.78. The van der Waals surface area contributed by atoms with Crippen LogP contribution >= 0.6 is 15.9 Å². The lowest BCUT2D eigenvalue weighted by Crippen LogP contribution is -2.39. The molecule has 0 aromatic heterocycles. The summed E-state index contributed by atoms with van der Waals surface area (Å²) in [5.74, 6) is -0.0148. The van der Waals surface area contributed by atoms with E-state index < -0.39 is 4.92 Å². The molecule has 6 nitrogen and oxygen atoms in total. The fourth-order valence-corrected chi connectivity index (χ4v) is 2.60. The summed E-state index contributed by atoms with van der Waals surface area (Å²) in [6.07, 6.45) is 3.22. The van der Waals surface area contributed by atoms with Gasteiger partial charge in [0.05, 0.1) is 11.5 Å². The Morgan fingerprint density at radius 2 is 2.05 bits per heavy atom. The van der Waals surface area contributed by atoms with Crippen molar-refractivity contribution in [3.63, 3.8) is 0 Å². The Hall–Kier alpha value is -1.63. The van der Waals surface area contributed by atoms with E-state index in [0.717, 1.165) is 36.8 Å². The molecule has 0 bridgehead atoms. The number of piperidine rings is 1. The average Bonchev–Trinajstić information content (AvgIpc) is 2.45. The van der Waals surface area contributed by atoms with Gasteiger partial charge in [0.15, 0.2) is 0 Å². The number of nitrogens with zero attached hydrogens (tertiary/aromatic N) is 2. The molecule has 1 N–H and O–H groups in total. The molecule has 1 aromatic rings. The minimum atomic E-state index is -0.458. The lowest BCUT2D eigenvalue weighted by molar-refractivity contribution is -0.384. The number of hydrogen-bond acceptors (Lipinski definition) is 4. The van der Waals surface area contributed by atoms with E-state index in [-0.39, 0.29) is 18.1 Å². The topological polar surface area (TPSA) is 75.5 Å². The van der Waals surface area contributed by atoms with Crippen molar-refractivity contribution < 1.29 is 9.72 Å². The molecule has 20 heavy (non-hydrogen) atoms. The van der Waals surface area contributed by atoms with Crippen LogP contribution < -0.4 is 5.32 Å². The third kappa shape index (κ3) is 3.69. The third-order valence-corrected chi connectivity index (χ3v) is 3.79. The zero-order chi connectivity index (χ0) is 14.5. The van der Waals surface area contributed by atoms with Crippen LogP contribution in [-0.4, -0.2) is 35.4 Å². The van der Waals surface area contributed by atoms with Crippen LogP contribution in [0.15, 0.2) is 22.7 Å². The van der Waals surface area contributed by atoms with E-state index >= 15 is 0 Å². The Morgan fingerprint density at radius 1 is 1.35 bits per heavy atom. The number of nitrogens with one attached hydrogen (secondary N) is 1. The number of nitro groups is 1. The number of rotatable bonds is 4. The normalized spacial score (nSPS) is 14.9. The van der Waals surface area contributed by atoms with Crippen LogP contribution in [0.4, 0.5) is 11.4 Å². The molecule has 108 valence electrons. The van der Waals surface area contributed by atoms with Gasteiger partial charge in [-0.15, -0.1) is 0 Å². The quantitative estimate of drug-likeness (QED) is 0.674. The molecule has 0 atom stereocenters. The summed E-state index contributed by atoms with van der Waals surface area (Å²) in [5.41, 5.74) is 0.328. The van der Waals surface area contributed by atoms with Crippen molar-refractivity contribution in [2.45, 2.75) is 19.3 Å². The van der Waals surface area contributed by atoms with Crippen LogP contribution in [0.2, 0.25) is 0 Å². The number of amides is 1. The van der Waals surface area contributed by atoms with Crippen LogP contribution in [0.5, 0.6) is 0 Å². The summed E-state index contributed by atoms with van der Waals surface area (Å²) < 4.78 is 0.732. The second-order valence-electron chi connectivity index (χ2n) is 4.71. The Morgan fingerprint density at radius 3 is 2.70 bits per heavy atom. The van der Waals surface area contributed by atoms with Crippen molar-refractivity contribution in [3.8, 4) is 0 Å². The molecule has 1 aliphatic rings. The number of benzene rings is 1. The largest absolute Gasteiger partial charge is 0.371 e. The molecule has 1 aliphatic heterocycles. The van der Waals surface area contributed by atoms with Gasteiger partial charge in [0.25, 0.3) is 5.69 Å². The van der Waals surface area contributed by atoms with Gasteiger partial charge in [-0.1, -0.05) is 15.9 Å². The highest BCUT2D eigenvalue weighted by molar-refractivity contribution is 9.10. The zero-order valence-electron chi connectivity index (χ0n) is 11.0. The molecule has 1 amide bonds. The average molecular weight is 342 g/mol. The van der Waals surface area contributed by atoms with Crippen LogP contribution in [0.3, 0.4) is 0 Å². The standard InChI is InChI=1S/C13H16BrN3O3/c14-10-4-5-12(17(19)20)11(8-10)15-9-13(18)16-6-2-1-3-7-16/h4-5,8,15H,1-3,6-7,9H2. The number of carbonyl (C=O) groups excluding carboxylic acids is 1. The maximum atomic E-state index is 12.0. The maximum Gasteiger partial charge on any atom is 0.292 e. The molecule has 0 aliphatic carbocycles. The van der Waals surface area contributed by atoms with Gasteiger partial charge < -0.3 is 10.2 Å². The summed E-state index contributed by atoms with van der Waals surface area (Å²) in [7, 11) is 0. The molecule has 0 spiro atoms. The number of halogens is 1. The number of likely N-dealkylation sites (tertiary alicyclic amines) is 1. The minimum absolute atomic E-state index is 0.0148. The first-order chi connectivity index (χ1) is 9.58. The second-order valence-corrected chi connectivity index (χ2v) is 5.63. The molecule has 1 aromatic carbocycles. The molecule has 2 rings (SSSR count). The molecule has 0 saturated carbocycles. The van der Waals surface area contributed by atoms with Crippen LogP contribution in [-0.2, 0) is 4.79 Å². The van der Waals surface area contributed by atoms with E-state index in [4.69, 9.17) is 0 Å². The first-order valence-corrected chi connectivity index (χ1v) is 7.33. The lowest BCUT2D eigenvalue weighted by Gasteiger charge is -2.26. The highest BCUT2D eigenvalue weighted by Gasteiger charge is 2.18. The van der Waals surface area contributed by atoms with Crippen molar-refractivity contribution in [3.05, 3.63) is 32.8 Å². The monoisotopic (exact) mass is 341 g/mol. The minimum Gasteiger partial charge on any atom is -0.371 e. The third-order valence-electron chi connectivity index (χ3n) is 3.29. The van der Waals surface area contributed by atoms with E-state index in [9.17, 15) is 14.9 Å². The lowest BCUT2D eigenvalue weighted by atomic mass is 10.1. The van der Waals surface area contributed by atoms with Crippen molar-refractivity contribution in [1.82, 2.24) is 4.90 Å². The van der Waals surface area contributed by atoms with Crippen molar-refractivity contribution in [1.29, 1.82) is 0 Å². The molecular weight excluding hydrogens is 326 g/mol.